The number of carbonyl (C=O) groups is 1. The van der Waals surface area contributed by atoms with E-state index in [4.69, 9.17) is 4.74 Å². The third-order valence-electron chi connectivity index (χ3n) is 2.42. The molecule has 0 aliphatic carbocycles. The zero-order valence-electron chi connectivity index (χ0n) is 10.3. The molecule has 0 saturated heterocycles. The first-order valence-electron chi connectivity index (χ1n) is 5.77. The first-order valence-corrected chi connectivity index (χ1v) is 7.51. The highest BCUT2D eigenvalue weighted by Crippen LogP contribution is 2.22. The van der Waals surface area contributed by atoms with E-state index < -0.39 is 6.04 Å². The zero-order valence-corrected chi connectivity index (χ0v) is 12.7. The Labute approximate surface area is 124 Å². The Morgan fingerprint density at radius 2 is 2.21 bits per heavy atom. The van der Waals surface area contributed by atoms with Gasteiger partial charge in [0.15, 0.2) is 6.04 Å². The fraction of sp³-hybridized carbons (Fsp3) is 0.231. The van der Waals surface area contributed by atoms with Gasteiger partial charge < -0.3 is 10.1 Å². The summed E-state index contributed by atoms with van der Waals surface area (Å²) >= 11 is 4.82. The van der Waals surface area contributed by atoms with Crippen molar-refractivity contribution in [3.63, 3.8) is 0 Å². The number of esters is 1. The van der Waals surface area contributed by atoms with Crippen LogP contribution in [0.25, 0.3) is 0 Å². The maximum Gasteiger partial charge on any atom is 0.334 e. The predicted octanol–water partition coefficient (Wildman–Crippen LogP) is 3.62. The van der Waals surface area contributed by atoms with Crippen LogP contribution in [0.15, 0.2) is 39.6 Å². The van der Waals surface area contributed by atoms with Gasteiger partial charge in [0.2, 0.25) is 0 Å². The molecule has 2 aromatic rings. The lowest BCUT2D eigenvalue weighted by Crippen LogP contribution is -2.23. The molecule has 100 valence electrons. The normalized spacial score (nSPS) is 11.9. The molecule has 1 aromatic heterocycles. The van der Waals surface area contributed by atoms with Crippen LogP contribution in [0.2, 0.25) is 0 Å². The first-order chi connectivity index (χ1) is 9.20. The van der Waals surface area contributed by atoms with Gasteiger partial charge in [0.05, 0.1) is 17.8 Å². The van der Waals surface area contributed by atoms with Crippen LogP contribution in [0.4, 0.5) is 5.69 Å². The van der Waals surface area contributed by atoms with Crippen LogP contribution < -0.4 is 5.32 Å². The second kappa shape index (κ2) is 6.68. The number of nitrogens with one attached hydrogen (secondary N) is 1. The summed E-state index contributed by atoms with van der Waals surface area (Å²) in [5.41, 5.74) is 3.21. The summed E-state index contributed by atoms with van der Waals surface area (Å²) in [6.07, 6.45) is 0. The number of hydrogen-bond acceptors (Lipinski definition) is 5. The number of hydrogen-bond donors (Lipinski definition) is 1. The molecule has 0 saturated carbocycles. The summed E-state index contributed by atoms with van der Waals surface area (Å²) in [5.74, 6) is -0.323. The number of thiazole rings is 1. The average Bonchev–Trinajstić information content (AvgIpc) is 2.92. The first kappa shape index (κ1) is 14.0. The quantitative estimate of drug-likeness (QED) is 0.844. The molecule has 6 heteroatoms. The van der Waals surface area contributed by atoms with E-state index in [2.05, 4.69) is 26.2 Å². The third-order valence-corrected chi connectivity index (χ3v) is 3.56. The Hall–Kier alpha value is -1.40. The van der Waals surface area contributed by atoms with Gasteiger partial charge in [0, 0.05) is 15.5 Å². The van der Waals surface area contributed by atoms with Crippen LogP contribution in [-0.4, -0.2) is 17.6 Å². The summed E-state index contributed by atoms with van der Waals surface area (Å²) in [4.78, 5) is 16.2. The molecule has 19 heavy (non-hydrogen) atoms. The Morgan fingerprint density at radius 1 is 1.47 bits per heavy atom. The minimum atomic E-state index is -0.577. The smallest absolute Gasteiger partial charge is 0.334 e. The van der Waals surface area contributed by atoms with Crippen molar-refractivity contribution in [1.29, 1.82) is 0 Å². The molecular weight excluding hydrogens is 328 g/mol. The predicted molar refractivity (Wildman–Crippen MR) is 79.3 cm³/mol. The van der Waals surface area contributed by atoms with Crippen LogP contribution in [0.1, 0.15) is 18.7 Å². The lowest BCUT2D eigenvalue weighted by atomic mass is 10.2. The second-order valence-corrected chi connectivity index (χ2v) is 5.38. The molecule has 2 rings (SSSR count). The van der Waals surface area contributed by atoms with Crippen molar-refractivity contribution in [3.05, 3.63) is 45.3 Å². The van der Waals surface area contributed by atoms with E-state index in [-0.39, 0.29) is 5.97 Å². The molecule has 0 amide bonds. The lowest BCUT2D eigenvalue weighted by molar-refractivity contribution is -0.144. The molecule has 1 aromatic carbocycles. The standard InChI is InChI=1S/C13H13BrN2O2S/c1-2-18-13(17)12(11-7-19-8-15-11)16-10-5-3-9(14)4-6-10/h3-8,12,16H,2H2,1H3. The van der Waals surface area contributed by atoms with Crippen molar-refractivity contribution >= 4 is 38.9 Å². The molecule has 0 bridgehead atoms. The van der Waals surface area contributed by atoms with E-state index in [9.17, 15) is 4.79 Å². The van der Waals surface area contributed by atoms with Crippen LogP contribution in [0, 0.1) is 0 Å². The molecule has 0 aliphatic heterocycles. The van der Waals surface area contributed by atoms with Gasteiger partial charge in [0.25, 0.3) is 0 Å². The van der Waals surface area contributed by atoms with Crippen molar-refractivity contribution in [1.82, 2.24) is 4.98 Å². The summed E-state index contributed by atoms with van der Waals surface area (Å²) in [5, 5.41) is 4.98. The van der Waals surface area contributed by atoms with Crippen LogP contribution in [-0.2, 0) is 9.53 Å². The van der Waals surface area contributed by atoms with Gasteiger partial charge >= 0.3 is 5.97 Å². The van der Waals surface area contributed by atoms with Crippen LogP contribution in [0.3, 0.4) is 0 Å². The number of halogens is 1. The van der Waals surface area contributed by atoms with Gasteiger partial charge in [-0.05, 0) is 31.2 Å². The molecule has 0 aliphatic rings. The summed E-state index contributed by atoms with van der Waals surface area (Å²) < 4.78 is 6.06. The number of rotatable bonds is 5. The molecule has 4 nitrogen and oxygen atoms in total. The monoisotopic (exact) mass is 340 g/mol. The number of anilines is 1. The van der Waals surface area contributed by atoms with Crippen molar-refractivity contribution in [2.45, 2.75) is 13.0 Å². The second-order valence-electron chi connectivity index (χ2n) is 3.75. The van der Waals surface area contributed by atoms with Gasteiger partial charge in [0.1, 0.15) is 0 Å². The van der Waals surface area contributed by atoms with Crippen molar-refractivity contribution < 1.29 is 9.53 Å². The van der Waals surface area contributed by atoms with E-state index in [1.54, 1.807) is 12.4 Å². The van der Waals surface area contributed by atoms with E-state index in [0.717, 1.165) is 10.2 Å². The average molecular weight is 341 g/mol. The molecule has 0 fully saturated rings. The Kier molecular flexibility index (Phi) is 4.93. The molecule has 1 unspecified atom stereocenters. The highest BCUT2D eigenvalue weighted by molar-refractivity contribution is 9.10. The number of nitrogens with zero attached hydrogens (tertiary/aromatic N) is 1. The topological polar surface area (TPSA) is 51.2 Å². The SMILES string of the molecule is CCOC(=O)C(Nc1ccc(Br)cc1)c1cscn1. The number of carbonyl (C=O) groups excluding carboxylic acids is 1. The fourth-order valence-corrected chi connectivity index (χ4v) is 2.40. The number of ether oxygens (including phenoxy) is 1. The van der Waals surface area contributed by atoms with Gasteiger partial charge in [-0.1, -0.05) is 15.9 Å². The minimum Gasteiger partial charge on any atom is -0.464 e. The summed E-state index contributed by atoms with van der Waals surface area (Å²) in [6, 6.07) is 7.02. The Bertz CT molecular complexity index is 528. The number of benzene rings is 1. The molecule has 1 atom stereocenters. The fourth-order valence-electron chi connectivity index (χ4n) is 1.56. The summed E-state index contributed by atoms with van der Waals surface area (Å²) in [7, 11) is 0. The van der Waals surface area contributed by atoms with Gasteiger partial charge in [-0.25, -0.2) is 9.78 Å². The highest BCUT2D eigenvalue weighted by Gasteiger charge is 2.23. The van der Waals surface area contributed by atoms with Gasteiger partial charge in [-0.2, -0.15) is 0 Å². The van der Waals surface area contributed by atoms with Crippen molar-refractivity contribution in [3.8, 4) is 0 Å². The molecule has 0 radical (unpaired) electrons. The third kappa shape index (κ3) is 3.78. The zero-order chi connectivity index (χ0) is 13.7. The maximum atomic E-state index is 12.0. The minimum absolute atomic E-state index is 0.323. The molecular formula is C13H13BrN2O2S. The Morgan fingerprint density at radius 3 is 2.79 bits per heavy atom. The van der Waals surface area contributed by atoms with Gasteiger partial charge in [-0.15, -0.1) is 11.3 Å². The highest BCUT2D eigenvalue weighted by atomic mass is 79.9. The molecule has 1 heterocycles. The number of aromatic nitrogens is 1. The van der Waals surface area contributed by atoms with Crippen LogP contribution in [0.5, 0.6) is 0 Å². The van der Waals surface area contributed by atoms with E-state index in [0.29, 0.717) is 12.3 Å². The van der Waals surface area contributed by atoms with Gasteiger partial charge in [-0.3, -0.25) is 0 Å². The Balaban J connectivity index is 2.18. The van der Waals surface area contributed by atoms with Crippen molar-refractivity contribution in [2.75, 3.05) is 11.9 Å². The van der Waals surface area contributed by atoms with E-state index >= 15 is 0 Å². The molecule has 1 N–H and O–H groups in total. The lowest BCUT2D eigenvalue weighted by Gasteiger charge is -2.16. The van der Waals surface area contributed by atoms with E-state index in [1.165, 1.54) is 11.3 Å². The van der Waals surface area contributed by atoms with Crippen molar-refractivity contribution in [2.24, 2.45) is 0 Å². The largest absolute Gasteiger partial charge is 0.464 e. The van der Waals surface area contributed by atoms with E-state index in [1.807, 2.05) is 29.6 Å². The maximum absolute atomic E-state index is 12.0. The summed E-state index contributed by atoms with van der Waals surface area (Å²) in [6.45, 7) is 2.14. The van der Waals surface area contributed by atoms with Crippen LogP contribution >= 0.6 is 27.3 Å². The molecule has 0 spiro atoms.